The van der Waals surface area contributed by atoms with E-state index in [0.717, 1.165) is 28.9 Å². The van der Waals surface area contributed by atoms with E-state index >= 15 is 0 Å². The smallest absolute Gasteiger partial charge is 0.293 e. The normalized spacial score (nSPS) is 12.1. The van der Waals surface area contributed by atoms with Gasteiger partial charge in [0.15, 0.2) is 0 Å². The molecule has 1 aromatic rings. The lowest BCUT2D eigenvalue weighted by atomic mass is 9.97. The molecule has 0 saturated heterocycles. The first-order valence-corrected chi connectivity index (χ1v) is 5.85. The molecule has 0 radical (unpaired) electrons. The highest BCUT2D eigenvalue weighted by atomic mass is 32.2. The average Bonchev–Trinajstić information content (AvgIpc) is 2.38. The zero-order valence-corrected chi connectivity index (χ0v) is 10.1. The van der Waals surface area contributed by atoms with Gasteiger partial charge in [-0.3, -0.25) is 9.83 Å². The van der Waals surface area contributed by atoms with Gasteiger partial charge in [0.2, 0.25) is 0 Å². The minimum atomic E-state index is 0.0687. The van der Waals surface area contributed by atoms with E-state index in [9.17, 15) is 10.1 Å². The summed E-state index contributed by atoms with van der Waals surface area (Å²) in [6.45, 7) is 2.72. The van der Waals surface area contributed by atoms with Crippen LogP contribution < -0.4 is 5.26 Å². The number of benzene rings is 1. The Bertz CT molecular complexity index is 344. The van der Waals surface area contributed by atoms with E-state index in [2.05, 4.69) is 9.37 Å². The third-order valence-electron chi connectivity index (χ3n) is 2.37. The SMILES string of the molecule is CCC(COC=O)c1ccccc1SOO[O-]. The molecule has 1 aromatic carbocycles. The van der Waals surface area contributed by atoms with Crippen molar-refractivity contribution >= 4 is 18.5 Å². The fourth-order valence-electron chi connectivity index (χ4n) is 1.53. The van der Waals surface area contributed by atoms with Crippen LogP contribution in [0.5, 0.6) is 0 Å². The van der Waals surface area contributed by atoms with Crippen molar-refractivity contribution in [1.82, 2.24) is 0 Å². The summed E-state index contributed by atoms with van der Waals surface area (Å²) in [5.41, 5.74) is 0.957. The summed E-state index contributed by atoms with van der Waals surface area (Å²) in [4.78, 5) is 11.0. The van der Waals surface area contributed by atoms with E-state index in [-0.39, 0.29) is 5.92 Å². The molecule has 0 fully saturated rings. The van der Waals surface area contributed by atoms with Crippen molar-refractivity contribution in [2.45, 2.75) is 24.2 Å². The van der Waals surface area contributed by atoms with Gasteiger partial charge in [0.1, 0.15) is 0 Å². The molecule has 0 N–H and O–H groups in total. The molecule has 0 bridgehead atoms. The van der Waals surface area contributed by atoms with Crippen LogP contribution in [-0.2, 0) is 18.9 Å². The van der Waals surface area contributed by atoms with E-state index < -0.39 is 0 Å². The van der Waals surface area contributed by atoms with Gasteiger partial charge in [-0.2, -0.15) is 4.33 Å². The number of rotatable bonds is 8. The standard InChI is InChI=1S/C11H14O5S/c1-2-9(7-14-8-12)10-5-3-4-6-11(10)17-16-15-13/h3-6,8-9,13H,2,7H2,1H3/p-1. The van der Waals surface area contributed by atoms with Crippen molar-refractivity contribution < 1.29 is 24.2 Å². The minimum Gasteiger partial charge on any atom is -0.691 e. The number of hydrogen-bond donors (Lipinski definition) is 0. The van der Waals surface area contributed by atoms with Crippen LogP contribution in [0.25, 0.3) is 0 Å². The zero-order valence-electron chi connectivity index (χ0n) is 9.33. The predicted octanol–water partition coefficient (Wildman–Crippen LogP) is 1.58. The molecule has 0 aliphatic carbocycles. The Balaban J connectivity index is 2.80. The van der Waals surface area contributed by atoms with Crippen LogP contribution in [0, 0.1) is 0 Å². The topological polar surface area (TPSA) is 67.8 Å². The Morgan fingerprint density at radius 3 is 2.88 bits per heavy atom. The number of carbonyl (C=O) groups excluding carboxylic acids is 1. The van der Waals surface area contributed by atoms with Crippen molar-refractivity contribution in [3.63, 3.8) is 0 Å². The molecule has 6 heteroatoms. The van der Waals surface area contributed by atoms with Gasteiger partial charge in [-0.1, -0.05) is 25.1 Å². The molecular weight excluding hydrogens is 244 g/mol. The van der Waals surface area contributed by atoms with Gasteiger partial charge in [-0.15, -0.1) is 0 Å². The molecule has 5 nitrogen and oxygen atoms in total. The molecule has 0 saturated carbocycles. The lowest BCUT2D eigenvalue weighted by Crippen LogP contribution is -2.08. The first kappa shape index (κ1) is 14.0. The molecule has 0 heterocycles. The van der Waals surface area contributed by atoms with Crippen molar-refractivity contribution in [3.8, 4) is 0 Å². The molecule has 1 rings (SSSR count). The minimum absolute atomic E-state index is 0.0687. The molecule has 1 atom stereocenters. The average molecular weight is 257 g/mol. The molecule has 0 aliphatic rings. The van der Waals surface area contributed by atoms with Gasteiger partial charge in [0.05, 0.1) is 18.6 Å². The summed E-state index contributed by atoms with van der Waals surface area (Å²) in [7, 11) is 0. The van der Waals surface area contributed by atoms with Gasteiger partial charge >= 0.3 is 0 Å². The van der Waals surface area contributed by atoms with Crippen LogP contribution in [0.4, 0.5) is 0 Å². The fraction of sp³-hybridized carbons (Fsp3) is 0.364. The van der Waals surface area contributed by atoms with Gasteiger partial charge in [-0.25, -0.2) is 0 Å². The quantitative estimate of drug-likeness (QED) is 0.305. The summed E-state index contributed by atoms with van der Waals surface area (Å²) in [6.07, 6.45) is 0.809. The lowest BCUT2D eigenvalue weighted by molar-refractivity contribution is -0.777. The molecule has 17 heavy (non-hydrogen) atoms. The maximum atomic E-state index is 10.2. The summed E-state index contributed by atoms with van der Waals surface area (Å²) < 4.78 is 9.09. The van der Waals surface area contributed by atoms with E-state index in [4.69, 9.17) is 4.74 Å². The molecule has 1 unspecified atom stereocenters. The largest absolute Gasteiger partial charge is 0.691 e. The van der Waals surface area contributed by atoms with Gasteiger partial charge in [0, 0.05) is 10.8 Å². The molecule has 0 aromatic heterocycles. The van der Waals surface area contributed by atoms with Crippen LogP contribution in [-0.4, -0.2) is 13.1 Å². The monoisotopic (exact) mass is 257 g/mol. The van der Waals surface area contributed by atoms with E-state index in [1.807, 2.05) is 31.2 Å². The fourth-order valence-corrected chi connectivity index (χ4v) is 2.09. The first-order chi connectivity index (χ1) is 8.33. The third kappa shape index (κ3) is 4.35. The first-order valence-electron chi connectivity index (χ1n) is 5.10. The van der Waals surface area contributed by atoms with Crippen molar-refractivity contribution in [2.24, 2.45) is 0 Å². The maximum Gasteiger partial charge on any atom is 0.293 e. The molecule has 0 aliphatic heterocycles. The molecule has 0 spiro atoms. The van der Waals surface area contributed by atoms with Crippen LogP contribution in [0.15, 0.2) is 29.2 Å². The van der Waals surface area contributed by atoms with Crippen molar-refractivity contribution in [2.75, 3.05) is 6.61 Å². The number of hydrogen-bond acceptors (Lipinski definition) is 6. The highest BCUT2D eigenvalue weighted by Gasteiger charge is 2.14. The second-order valence-corrected chi connectivity index (χ2v) is 4.03. The number of carbonyl (C=O) groups is 1. The zero-order chi connectivity index (χ0) is 12.5. The predicted molar refractivity (Wildman–Crippen MR) is 59.5 cm³/mol. The van der Waals surface area contributed by atoms with Gasteiger partial charge in [-0.05, 0) is 18.1 Å². The second kappa shape index (κ2) is 8.08. The van der Waals surface area contributed by atoms with Crippen LogP contribution >= 0.6 is 12.0 Å². The summed E-state index contributed by atoms with van der Waals surface area (Å²) >= 11 is 0.846. The Morgan fingerprint density at radius 2 is 2.24 bits per heavy atom. The second-order valence-electron chi connectivity index (χ2n) is 3.29. The summed E-state index contributed by atoms with van der Waals surface area (Å²) in [5, 5.41) is 13.1. The van der Waals surface area contributed by atoms with Gasteiger partial charge in [0.25, 0.3) is 6.47 Å². The molecule has 0 amide bonds. The third-order valence-corrected chi connectivity index (χ3v) is 3.04. The highest BCUT2D eigenvalue weighted by molar-refractivity contribution is 7.94. The van der Waals surface area contributed by atoms with Crippen LogP contribution in [0.2, 0.25) is 0 Å². The Labute approximate surface area is 104 Å². The lowest BCUT2D eigenvalue weighted by Gasteiger charge is -2.17. The van der Waals surface area contributed by atoms with E-state index in [1.54, 1.807) is 0 Å². The Morgan fingerprint density at radius 1 is 1.47 bits per heavy atom. The maximum absolute atomic E-state index is 10.2. The summed E-state index contributed by atoms with van der Waals surface area (Å²) in [6, 6.07) is 7.41. The molecule has 94 valence electrons. The Hall–Kier alpha value is -1.08. The van der Waals surface area contributed by atoms with E-state index in [0.29, 0.717) is 13.1 Å². The highest BCUT2D eigenvalue weighted by Crippen LogP contribution is 2.31. The molecular formula is C11H13O5S-. The van der Waals surface area contributed by atoms with Crippen LogP contribution in [0.1, 0.15) is 24.8 Å². The summed E-state index contributed by atoms with van der Waals surface area (Å²) in [5.74, 6) is 0.0687. The van der Waals surface area contributed by atoms with Crippen molar-refractivity contribution in [1.29, 1.82) is 0 Å². The van der Waals surface area contributed by atoms with Gasteiger partial charge < -0.3 is 9.99 Å². The van der Waals surface area contributed by atoms with E-state index in [1.165, 1.54) is 0 Å². The number of ether oxygens (including phenoxy) is 1. The Kier molecular flexibility index (Phi) is 6.64. The van der Waals surface area contributed by atoms with Crippen molar-refractivity contribution in [3.05, 3.63) is 29.8 Å². The van der Waals surface area contributed by atoms with Crippen LogP contribution in [0.3, 0.4) is 0 Å².